The first-order valence-electron chi connectivity index (χ1n) is 8.67. The molecule has 0 bridgehead atoms. The maximum absolute atomic E-state index is 2.74. The molecule has 0 heterocycles. The average molecular weight is 251 g/mol. The van der Waals surface area contributed by atoms with Crippen LogP contribution in [0.4, 0.5) is 0 Å². The number of rotatable bonds is 10. The lowest BCUT2D eigenvalue weighted by atomic mass is 9.68. The van der Waals surface area contributed by atoms with Crippen molar-refractivity contribution in [3.05, 3.63) is 6.42 Å². The van der Waals surface area contributed by atoms with Crippen LogP contribution in [-0.4, -0.2) is 0 Å². The van der Waals surface area contributed by atoms with E-state index in [2.05, 4.69) is 20.3 Å². The monoisotopic (exact) mass is 251 g/mol. The Hall–Kier alpha value is 0. The third-order valence-corrected chi connectivity index (χ3v) is 4.76. The molecule has 107 valence electrons. The van der Waals surface area contributed by atoms with E-state index in [1.54, 1.807) is 0 Å². The van der Waals surface area contributed by atoms with Crippen LogP contribution in [0.25, 0.3) is 0 Å². The molecular weight excluding hydrogens is 216 g/mol. The van der Waals surface area contributed by atoms with E-state index in [1.807, 2.05) is 0 Å². The van der Waals surface area contributed by atoms with E-state index in [0.29, 0.717) is 5.41 Å². The molecule has 0 nitrogen and oxygen atoms in total. The molecule has 0 aromatic rings. The minimum Gasteiger partial charge on any atom is -0.0654 e. The van der Waals surface area contributed by atoms with Gasteiger partial charge in [-0.3, -0.25) is 0 Å². The normalized spacial score (nSPS) is 19.0. The topological polar surface area (TPSA) is 0 Å². The van der Waals surface area contributed by atoms with Crippen LogP contribution in [0.2, 0.25) is 0 Å². The van der Waals surface area contributed by atoms with E-state index in [-0.39, 0.29) is 0 Å². The predicted molar refractivity (Wildman–Crippen MR) is 82.7 cm³/mol. The molecule has 1 fully saturated rings. The second-order valence-corrected chi connectivity index (χ2v) is 6.43. The largest absolute Gasteiger partial charge is 0.0654 e. The fourth-order valence-corrected chi connectivity index (χ4v) is 3.52. The van der Waals surface area contributed by atoms with Gasteiger partial charge in [-0.05, 0) is 37.5 Å². The highest BCUT2D eigenvalue weighted by molar-refractivity contribution is 4.94. The molecule has 0 heteroatoms. The number of hydrogen-bond acceptors (Lipinski definition) is 0. The van der Waals surface area contributed by atoms with Gasteiger partial charge in [0.05, 0.1) is 0 Å². The Bertz CT molecular complexity index is 162. The summed E-state index contributed by atoms with van der Waals surface area (Å²) in [6.07, 6.45) is 23.0. The van der Waals surface area contributed by atoms with Gasteiger partial charge < -0.3 is 0 Å². The van der Waals surface area contributed by atoms with Gasteiger partial charge in [0.25, 0.3) is 0 Å². The molecule has 0 N–H and O–H groups in total. The van der Waals surface area contributed by atoms with Crippen LogP contribution in [-0.2, 0) is 0 Å². The second-order valence-electron chi connectivity index (χ2n) is 6.43. The Kier molecular flexibility index (Phi) is 8.80. The lowest BCUT2D eigenvalue weighted by molar-refractivity contribution is 0.202. The summed E-state index contributed by atoms with van der Waals surface area (Å²) < 4.78 is 0. The molecule has 0 saturated heterocycles. The lowest BCUT2D eigenvalue weighted by Gasteiger charge is -2.37. The Labute approximate surface area is 116 Å². The molecule has 0 aliphatic heterocycles. The van der Waals surface area contributed by atoms with Crippen LogP contribution in [0.5, 0.6) is 0 Å². The predicted octanol–water partition coefficient (Wildman–Crippen LogP) is 6.69. The second kappa shape index (κ2) is 9.87. The van der Waals surface area contributed by atoms with Crippen molar-refractivity contribution in [3.63, 3.8) is 0 Å². The van der Waals surface area contributed by atoms with Crippen molar-refractivity contribution in [1.82, 2.24) is 0 Å². The van der Waals surface area contributed by atoms with E-state index in [1.165, 1.54) is 89.9 Å². The highest BCUT2D eigenvalue weighted by Crippen LogP contribution is 2.44. The third-order valence-electron chi connectivity index (χ3n) is 4.76. The van der Waals surface area contributed by atoms with Crippen molar-refractivity contribution in [1.29, 1.82) is 0 Å². The first-order valence-corrected chi connectivity index (χ1v) is 8.67. The van der Waals surface area contributed by atoms with Gasteiger partial charge in [-0.1, -0.05) is 78.1 Å². The quantitative estimate of drug-likeness (QED) is 0.379. The molecule has 0 aromatic heterocycles. The third kappa shape index (κ3) is 6.25. The molecule has 1 aliphatic rings. The van der Waals surface area contributed by atoms with Gasteiger partial charge in [-0.2, -0.15) is 0 Å². The minimum atomic E-state index is 0.653. The van der Waals surface area contributed by atoms with Gasteiger partial charge in [-0.25, -0.2) is 0 Å². The summed E-state index contributed by atoms with van der Waals surface area (Å²) in [5.74, 6) is 0. The fraction of sp³-hybridized carbons (Fsp3) is 0.944. The van der Waals surface area contributed by atoms with Gasteiger partial charge in [0, 0.05) is 0 Å². The summed E-state index contributed by atoms with van der Waals surface area (Å²) in [5, 5.41) is 0. The first-order chi connectivity index (χ1) is 8.83. The Balaban J connectivity index is 2.27. The van der Waals surface area contributed by atoms with E-state index in [9.17, 15) is 0 Å². The molecule has 0 aromatic carbocycles. The van der Waals surface area contributed by atoms with E-state index in [0.717, 1.165) is 0 Å². The molecule has 1 saturated carbocycles. The van der Waals surface area contributed by atoms with Gasteiger partial charge >= 0.3 is 0 Å². The minimum absolute atomic E-state index is 0.653. The summed E-state index contributed by atoms with van der Waals surface area (Å²) in [6, 6.07) is 0. The zero-order chi connectivity index (χ0) is 13.1. The molecule has 0 amide bonds. The van der Waals surface area contributed by atoms with Crippen molar-refractivity contribution >= 4 is 0 Å². The van der Waals surface area contributed by atoms with Crippen LogP contribution in [0.1, 0.15) is 104 Å². The smallest absolute Gasteiger partial charge is 0.0266 e. The zero-order valence-corrected chi connectivity index (χ0v) is 13.0. The van der Waals surface area contributed by atoms with Gasteiger partial charge in [-0.15, -0.1) is 0 Å². The van der Waals surface area contributed by atoms with Gasteiger partial charge in [0.15, 0.2) is 0 Å². The molecule has 0 unspecified atom stereocenters. The van der Waals surface area contributed by atoms with Crippen LogP contribution in [0.15, 0.2) is 0 Å². The Morgan fingerprint density at radius 3 is 2.11 bits per heavy atom. The SMILES string of the molecule is CCCCC[CH]C1(CCCCCC)CCCCC1. The highest BCUT2D eigenvalue weighted by atomic mass is 14.4. The molecule has 0 spiro atoms. The molecular formula is C18H35. The summed E-state index contributed by atoms with van der Waals surface area (Å²) in [5.41, 5.74) is 0.653. The van der Waals surface area contributed by atoms with E-state index in [4.69, 9.17) is 0 Å². The van der Waals surface area contributed by atoms with Gasteiger partial charge in [0.2, 0.25) is 0 Å². The summed E-state index contributed by atoms with van der Waals surface area (Å²) in [7, 11) is 0. The van der Waals surface area contributed by atoms with Crippen LogP contribution in [0, 0.1) is 11.8 Å². The van der Waals surface area contributed by atoms with E-state index < -0.39 is 0 Å². The maximum Gasteiger partial charge on any atom is -0.0266 e. The highest BCUT2D eigenvalue weighted by Gasteiger charge is 2.30. The summed E-state index contributed by atoms with van der Waals surface area (Å²) in [4.78, 5) is 0. The van der Waals surface area contributed by atoms with Crippen LogP contribution < -0.4 is 0 Å². The van der Waals surface area contributed by atoms with E-state index >= 15 is 0 Å². The van der Waals surface area contributed by atoms with Crippen molar-refractivity contribution in [3.8, 4) is 0 Å². The lowest BCUT2D eigenvalue weighted by Crippen LogP contribution is -2.24. The zero-order valence-electron chi connectivity index (χ0n) is 13.0. The summed E-state index contributed by atoms with van der Waals surface area (Å²) in [6.45, 7) is 4.62. The van der Waals surface area contributed by atoms with Crippen LogP contribution in [0.3, 0.4) is 0 Å². The van der Waals surface area contributed by atoms with Crippen LogP contribution >= 0.6 is 0 Å². The van der Waals surface area contributed by atoms with Crippen molar-refractivity contribution in [2.24, 2.45) is 5.41 Å². The molecule has 18 heavy (non-hydrogen) atoms. The number of hydrogen-bond donors (Lipinski definition) is 0. The average Bonchev–Trinajstić information content (AvgIpc) is 2.41. The van der Waals surface area contributed by atoms with Crippen molar-refractivity contribution < 1.29 is 0 Å². The molecule has 1 rings (SSSR count). The Morgan fingerprint density at radius 2 is 1.44 bits per heavy atom. The fourth-order valence-electron chi connectivity index (χ4n) is 3.52. The molecule has 0 atom stereocenters. The standard InChI is InChI=1S/C18H35/c1-3-5-7-10-14-18(15-11-8-6-4-2)16-12-9-13-17-18/h14H,3-13,15-17H2,1-2H3. The number of unbranched alkanes of at least 4 members (excludes halogenated alkanes) is 6. The summed E-state index contributed by atoms with van der Waals surface area (Å²) >= 11 is 0. The maximum atomic E-state index is 2.74. The first kappa shape index (κ1) is 16.1. The van der Waals surface area contributed by atoms with Crippen molar-refractivity contribution in [2.75, 3.05) is 0 Å². The van der Waals surface area contributed by atoms with Crippen molar-refractivity contribution in [2.45, 2.75) is 104 Å². The molecule has 1 aliphatic carbocycles. The Morgan fingerprint density at radius 1 is 0.778 bits per heavy atom. The molecule has 1 radical (unpaired) electrons. The van der Waals surface area contributed by atoms with Gasteiger partial charge in [0.1, 0.15) is 0 Å².